The Morgan fingerprint density at radius 2 is 2.05 bits per heavy atom. The molecule has 0 saturated carbocycles. The number of nitrogens with zero attached hydrogens (tertiary/aromatic N) is 4. The Morgan fingerprint density at radius 3 is 2.71 bits per heavy atom. The lowest BCUT2D eigenvalue weighted by atomic mass is 10.1. The maximum Gasteiger partial charge on any atom is 0.0524 e. The largest absolute Gasteiger partial charge is 0.295 e. The summed E-state index contributed by atoms with van der Waals surface area (Å²) in [6.45, 7) is 11.0. The van der Waals surface area contributed by atoms with Crippen molar-refractivity contribution < 1.29 is 0 Å². The van der Waals surface area contributed by atoms with Gasteiger partial charge in [0.2, 0.25) is 0 Å². The molecule has 1 aliphatic heterocycles. The first-order chi connectivity index (χ1) is 10.3. The van der Waals surface area contributed by atoms with Crippen LogP contribution in [0.15, 0.2) is 29.1 Å². The highest BCUT2D eigenvalue weighted by Gasteiger charge is 2.22. The summed E-state index contributed by atoms with van der Waals surface area (Å²) in [5.41, 5.74) is 2.79. The first kappa shape index (κ1) is 14.8. The zero-order valence-electron chi connectivity index (χ0n) is 12.9. The van der Waals surface area contributed by atoms with Crippen molar-refractivity contribution in [3.05, 3.63) is 40.3 Å². The van der Waals surface area contributed by atoms with Crippen LogP contribution in [-0.4, -0.2) is 45.8 Å². The number of aromatic nitrogens is 2. The van der Waals surface area contributed by atoms with Gasteiger partial charge in [0.1, 0.15) is 0 Å². The molecule has 1 fully saturated rings. The average molecular weight is 304 g/mol. The molecular formula is C16H24N4S. The smallest absolute Gasteiger partial charge is 0.0524 e. The van der Waals surface area contributed by atoms with E-state index in [9.17, 15) is 0 Å². The first-order valence-electron chi connectivity index (χ1n) is 7.77. The highest BCUT2D eigenvalue weighted by Crippen LogP contribution is 2.23. The van der Waals surface area contributed by atoms with Gasteiger partial charge >= 0.3 is 0 Å². The fraction of sp³-hybridized carbons (Fsp3) is 0.562. The zero-order valence-corrected chi connectivity index (χ0v) is 13.7. The molecule has 1 atom stereocenters. The lowest BCUT2D eigenvalue weighted by molar-refractivity contribution is 0.0962. The van der Waals surface area contributed by atoms with Crippen LogP contribution < -0.4 is 0 Å². The van der Waals surface area contributed by atoms with Gasteiger partial charge in [-0.15, -0.1) is 0 Å². The quantitative estimate of drug-likeness (QED) is 0.849. The van der Waals surface area contributed by atoms with Crippen LogP contribution in [0.2, 0.25) is 0 Å². The molecule has 21 heavy (non-hydrogen) atoms. The van der Waals surface area contributed by atoms with Crippen molar-refractivity contribution in [3.63, 3.8) is 0 Å². The minimum absolute atomic E-state index is 0.541. The normalized spacial score (nSPS) is 19.0. The number of hydrogen-bond acceptors (Lipinski definition) is 4. The Hall–Kier alpha value is -1.17. The lowest BCUT2D eigenvalue weighted by Gasteiger charge is -2.38. The van der Waals surface area contributed by atoms with Gasteiger partial charge in [0.25, 0.3) is 0 Å². The van der Waals surface area contributed by atoms with Crippen LogP contribution in [0, 0.1) is 0 Å². The molecule has 1 saturated heterocycles. The van der Waals surface area contributed by atoms with Crippen LogP contribution >= 0.6 is 11.3 Å². The van der Waals surface area contributed by atoms with E-state index < -0.39 is 0 Å². The van der Waals surface area contributed by atoms with Crippen LogP contribution in [0.1, 0.15) is 31.1 Å². The van der Waals surface area contributed by atoms with Crippen molar-refractivity contribution in [1.29, 1.82) is 0 Å². The topological polar surface area (TPSA) is 24.3 Å². The SMILES string of the molecule is CCn1nccc1CN1CCN(C(C)c2ccsc2)CC1. The molecule has 0 spiro atoms. The maximum atomic E-state index is 4.36. The van der Waals surface area contributed by atoms with E-state index in [0.717, 1.165) is 39.3 Å². The van der Waals surface area contributed by atoms with E-state index >= 15 is 0 Å². The predicted octanol–water partition coefficient (Wildman–Crippen LogP) is 2.84. The fourth-order valence-electron chi connectivity index (χ4n) is 3.04. The van der Waals surface area contributed by atoms with Crippen molar-refractivity contribution in [2.75, 3.05) is 26.2 Å². The van der Waals surface area contributed by atoms with E-state index in [1.54, 1.807) is 11.3 Å². The highest BCUT2D eigenvalue weighted by atomic mass is 32.1. The Bertz CT molecular complexity index is 540. The van der Waals surface area contributed by atoms with Gasteiger partial charge in [-0.2, -0.15) is 16.4 Å². The molecule has 2 aromatic rings. The highest BCUT2D eigenvalue weighted by molar-refractivity contribution is 7.07. The minimum Gasteiger partial charge on any atom is -0.295 e. The van der Waals surface area contributed by atoms with Crippen molar-refractivity contribution in [2.24, 2.45) is 0 Å². The van der Waals surface area contributed by atoms with Gasteiger partial charge in [0.05, 0.1) is 5.69 Å². The third-order valence-corrected chi connectivity index (χ3v) is 5.17. The van der Waals surface area contributed by atoms with Crippen molar-refractivity contribution >= 4 is 11.3 Å². The van der Waals surface area contributed by atoms with Crippen LogP contribution in [0.4, 0.5) is 0 Å². The molecule has 2 aromatic heterocycles. The molecule has 0 radical (unpaired) electrons. The molecule has 3 heterocycles. The number of thiophene rings is 1. The summed E-state index contributed by atoms with van der Waals surface area (Å²) >= 11 is 1.79. The summed E-state index contributed by atoms with van der Waals surface area (Å²) < 4.78 is 2.10. The van der Waals surface area contributed by atoms with Crippen molar-refractivity contribution in [1.82, 2.24) is 19.6 Å². The van der Waals surface area contributed by atoms with Gasteiger partial charge in [-0.05, 0) is 42.3 Å². The van der Waals surface area contributed by atoms with Crippen molar-refractivity contribution in [2.45, 2.75) is 33.0 Å². The molecule has 114 valence electrons. The predicted molar refractivity (Wildman–Crippen MR) is 87.5 cm³/mol. The molecule has 0 aromatic carbocycles. The lowest BCUT2D eigenvalue weighted by Crippen LogP contribution is -2.46. The average Bonchev–Trinajstić information content (AvgIpc) is 3.18. The zero-order chi connectivity index (χ0) is 14.7. The van der Waals surface area contributed by atoms with E-state index in [2.05, 4.69) is 56.3 Å². The maximum absolute atomic E-state index is 4.36. The Labute approximate surface area is 131 Å². The summed E-state index contributed by atoms with van der Waals surface area (Å²) in [6, 6.07) is 4.94. The summed E-state index contributed by atoms with van der Waals surface area (Å²) in [5.74, 6) is 0. The van der Waals surface area contributed by atoms with Crippen LogP contribution in [0.25, 0.3) is 0 Å². The number of aryl methyl sites for hydroxylation is 1. The van der Waals surface area contributed by atoms with Gasteiger partial charge in [0.15, 0.2) is 0 Å². The van der Waals surface area contributed by atoms with Gasteiger partial charge in [0, 0.05) is 51.5 Å². The molecular weight excluding hydrogens is 280 g/mol. The van der Waals surface area contributed by atoms with Gasteiger partial charge in [-0.1, -0.05) is 0 Å². The Balaban J connectivity index is 1.53. The minimum atomic E-state index is 0.541. The second-order valence-electron chi connectivity index (χ2n) is 5.68. The molecule has 1 aliphatic rings. The molecule has 0 aliphatic carbocycles. The summed E-state index contributed by atoms with van der Waals surface area (Å²) in [6.07, 6.45) is 1.91. The third-order valence-electron chi connectivity index (χ3n) is 4.47. The van der Waals surface area contributed by atoms with Gasteiger partial charge < -0.3 is 0 Å². The molecule has 4 nitrogen and oxygen atoms in total. The molecule has 0 amide bonds. The van der Waals surface area contributed by atoms with E-state index in [4.69, 9.17) is 0 Å². The monoisotopic (exact) mass is 304 g/mol. The van der Waals surface area contributed by atoms with E-state index in [1.165, 1.54) is 11.3 Å². The molecule has 1 unspecified atom stereocenters. The molecule has 0 bridgehead atoms. The van der Waals surface area contributed by atoms with E-state index in [1.807, 2.05) is 6.20 Å². The Morgan fingerprint density at radius 1 is 1.24 bits per heavy atom. The number of piperazine rings is 1. The molecule has 3 rings (SSSR count). The van der Waals surface area contributed by atoms with E-state index in [0.29, 0.717) is 6.04 Å². The third kappa shape index (κ3) is 3.36. The Kier molecular flexibility index (Phi) is 4.73. The molecule has 0 N–H and O–H groups in total. The standard InChI is InChI=1S/C16H24N4S/c1-3-20-16(4-6-17-20)12-18-7-9-19(10-8-18)14(2)15-5-11-21-13-15/h4-6,11,13-14H,3,7-10,12H2,1-2H3. The number of hydrogen-bond donors (Lipinski definition) is 0. The summed E-state index contributed by atoms with van der Waals surface area (Å²) in [7, 11) is 0. The second-order valence-corrected chi connectivity index (χ2v) is 6.46. The summed E-state index contributed by atoms with van der Waals surface area (Å²) in [5, 5.41) is 8.81. The first-order valence-corrected chi connectivity index (χ1v) is 8.71. The number of rotatable bonds is 5. The fourth-order valence-corrected chi connectivity index (χ4v) is 3.79. The van der Waals surface area contributed by atoms with Crippen LogP contribution in [-0.2, 0) is 13.1 Å². The van der Waals surface area contributed by atoms with Gasteiger partial charge in [-0.3, -0.25) is 14.5 Å². The van der Waals surface area contributed by atoms with E-state index in [-0.39, 0.29) is 0 Å². The van der Waals surface area contributed by atoms with Crippen LogP contribution in [0.3, 0.4) is 0 Å². The summed E-state index contributed by atoms with van der Waals surface area (Å²) in [4.78, 5) is 5.13. The van der Waals surface area contributed by atoms with Crippen molar-refractivity contribution in [3.8, 4) is 0 Å². The van der Waals surface area contributed by atoms with Gasteiger partial charge in [-0.25, -0.2) is 0 Å². The van der Waals surface area contributed by atoms with Crippen LogP contribution in [0.5, 0.6) is 0 Å². The molecule has 5 heteroatoms. The second kappa shape index (κ2) is 6.73.